The van der Waals surface area contributed by atoms with E-state index in [0.717, 1.165) is 22.2 Å². The Morgan fingerprint density at radius 3 is 2.51 bits per heavy atom. The number of hydrogen-bond donors (Lipinski definition) is 2. The number of aryl methyl sites for hydroxylation is 1. The molecule has 2 atom stereocenters. The summed E-state index contributed by atoms with van der Waals surface area (Å²) in [6, 6.07) is 15.7. The van der Waals surface area contributed by atoms with Gasteiger partial charge in [-0.2, -0.15) is 0 Å². The number of hydrogen-bond acceptors (Lipinski definition) is 6. The number of para-hydroxylation sites is 1. The predicted octanol–water partition coefficient (Wildman–Crippen LogP) is 3.63. The Kier molecular flexibility index (Phi) is 9.13. The molecule has 37 heavy (non-hydrogen) atoms. The number of nitrogens with one attached hydrogen (secondary N) is 2. The number of halogens is 1. The molecule has 3 aromatic carbocycles. The van der Waals surface area contributed by atoms with E-state index < -0.39 is 18.1 Å². The van der Waals surface area contributed by atoms with Gasteiger partial charge in [0.05, 0.1) is 32.4 Å². The Labute approximate surface area is 222 Å². The van der Waals surface area contributed by atoms with Crippen LogP contribution >= 0.6 is 12.4 Å². The minimum absolute atomic E-state index is 0. The van der Waals surface area contributed by atoms with Crippen molar-refractivity contribution in [3.8, 4) is 5.75 Å². The number of amides is 2. The van der Waals surface area contributed by atoms with Crippen LogP contribution in [0.5, 0.6) is 5.75 Å². The molecule has 0 unspecified atom stereocenters. The zero-order valence-electron chi connectivity index (χ0n) is 21.4. The summed E-state index contributed by atoms with van der Waals surface area (Å²) in [5, 5.41) is 7.34. The highest BCUT2D eigenvalue weighted by Gasteiger charge is 2.33. The van der Waals surface area contributed by atoms with Gasteiger partial charge in [-0.3, -0.25) is 9.59 Å². The molecule has 0 spiro atoms. The van der Waals surface area contributed by atoms with Crippen LogP contribution in [0.4, 0.5) is 5.69 Å². The molecule has 2 N–H and O–H groups in total. The molecular formula is C28H32ClN3O5. The van der Waals surface area contributed by atoms with Crippen molar-refractivity contribution in [2.75, 3.05) is 26.2 Å². The van der Waals surface area contributed by atoms with Crippen LogP contribution in [-0.4, -0.2) is 51.1 Å². The summed E-state index contributed by atoms with van der Waals surface area (Å²) in [4.78, 5) is 40.6. The van der Waals surface area contributed by atoms with E-state index >= 15 is 0 Å². The van der Waals surface area contributed by atoms with E-state index in [4.69, 9.17) is 9.47 Å². The van der Waals surface area contributed by atoms with Gasteiger partial charge in [-0.25, -0.2) is 4.79 Å². The van der Waals surface area contributed by atoms with E-state index in [2.05, 4.69) is 10.6 Å². The lowest BCUT2D eigenvalue weighted by Crippen LogP contribution is -2.52. The monoisotopic (exact) mass is 525 g/mol. The van der Waals surface area contributed by atoms with E-state index in [1.165, 1.54) is 7.11 Å². The molecule has 1 aliphatic heterocycles. The number of benzene rings is 3. The summed E-state index contributed by atoms with van der Waals surface area (Å²) in [5.74, 6) is -0.259. The number of carbonyl (C=O) groups is 3. The molecule has 8 nitrogen and oxygen atoms in total. The van der Waals surface area contributed by atoms with Crippen molar-refractivity contribution in [1.82, 2.24) is 10.6 Å². The first kappa shape index (κ1) is 28.0. The average molecular weight is 526 g/mol. The highest BCUT2D eigenvalue weighted by atomic mass is 35.5. The number of rotatable bonds is 7. The first-order chi connectivity index (χ1) is 17.4. The van der Waals surface area contributed by atoms with Crippen molar-refractivity contribution in [3.63, 3.8) is 0 Å². The molecule has 3 aromatic rings. The molecule has 0 saturated heterocycles. The molecule has 2 amide bonds. The normalized spacial score (nSPS) is 15.7. The van der Waals surface area contributed by atoms with Gasteiger partial charge in [-0.05, 0) is 67.4 Å². The lowest BCUT2D eigenvalue weighted by atomic mass is 9.98. The number of carbonyl (C=O) groups excluding carboxylic acids is 3. The fourth-order valence-corrected chi connectivity index (χ4v) is 4.64. The molecule has 9 heteroatoms. The SMILES string of the molecule is CN[C@@H](C)C(=O)N[C@H]1CCc2ccccc2N(Cc2c(OC)ccc3c(C(=O)OC)cccc23)C1=O.Cl. The summed E-state index contributed by atoms with van der Waals surface area (Å²) in [5.41, 5.74) is 3.02. The number of fused-ring (bicyclic) bond motifs is 2. The summed E-state index contributed by atoms with van der Waals surface area (Å²) >= 11 is 0. The standard InChI is InChI=1S/C28H31N3O5.ClH/c1-17(29-2)26(32)30-23-14-12-18-8-5-6-11-24(18)31(27(23)33)16-22-19-9-7-10-21(28(34)36-4)20(19)13-15-25(22)35-3;/h5-11,13,15,17,23,29H,12,14,16H2,1-4H3,(H,30,32);1H/t17-,23-;/m0./s1. The maximum atomic E-state index is 13.9. The second-order valence-electron chi connectivity index (χ2n) is 8.80. The van der Waals surface area contributed by atoms with Crippen molar-refractivity contribution in [1.29, 1.82) is 0 Å². The Hall–Kier alpha value is -3.62. The number of ether oxygens (including phenoxy) is 2. The van der Waals surface area contributed by atoms with Gasteiger partial charge >= 0.3 is 5.97 Å². The second-order valence-corrected chi connectivity index (χ2v) is 8.80. The van der Waals surface area contributed by atoms with E-state index in [1.807, 2.05) is 36.4 Å². The zero-order valence-corrected chi connectivity index (χ0v) is 22.2. The van der Waals surface area contributed by atoms with Crippen LogP contribution in [0, 0.1) is 0 Å². The van der Waals surface area contributed by atoms with Gasteiger partial charge in [0.1, 0.15) is 11.8 Å². The summed E-state index contributed by atoms with van der Waals surface area (Å²) < 4.78 is 10.7. The van der Waals surface area contributed by atoms with Crippen LogP contribution in [0.3, 0.4) is 0 Å². The largest absolute Gasteiger partial charge is 0.496 e. The van der Waals surface area contributed by atoms with E-state index in [0.29, 0.717) is 29.5 Å². The van der Waals surface area contributed by atoms with Gasteiger partial charge in [0.15, 0.2) is 0 Å². The van der Waals surface area contributed by atoms with Gasteiger partial charge in [0.25, 0.3) is 0 Å². The highest BCUT2D eigenvalue weighted by Crippen LogP contribution is 2.35. The average Bonchev–Trinajstić information content (AvgIpc) is 3.04. The second kappa shape index (κ2) is 12.1. The Bertz CT molecular complexity index is 1310. The molecule has 0 saturated carbocycles. The smallest absolute Gasteiger partial charge is 0.338 e. The molecule has 4 rings (SSSR count). The highest BCUT2D eigenvalue weighted by molar-refractivity contribution is 6.07. The first-order valence-electron chi connectivity index (χ1n) is 11.9. The molecule has 0 fully saturated rings. The Morgan fingerprint density at radius 2 is 1.81 bits per heavy atom. The summed E-state index contributed by atoms with van der Waals surface area (Å²) in [6.45, 7) is 1.96. The third-order valence-corrected chi connectivity index (χ3v) is 6.76. The number of methoxy groups -OCH3 is 2. The van der Waals surface area contributed by atoms with Crippen LogP contribution in [0.15, 0.2) is 54.6 Å². The lowest BCUT2D eigenvalue weighted by Gasteiger charge is -2.28. The van der Waals surface area contributed by atoms with Crippen molar-refractivity contribution >= 4 is 46.7 Å². The van der Waals surface area contributed by atoms with Crippen LogP contribution in [0.2, 0.25) is 0 Å². The van der Waals surface area contributed by atoms with Crippen LogP contribution in [-0.2, 0) is 27.3 Å². The van der Waals surface area contributed by atoms with Crippen LogP contribution < -0.4 is 20.3 Å². The molecule has 0 aliphatic carbocycles. The quantitative estimate of drug-likeness (QED) is 0.457. The van der Waals surface area contributed by atoms with Gasteiger partial charge in [-0.1, -0.05) is 30.3 Å². The Balaban J connectivity index is 0.00000380. The number of likely N-dealkylation sites (N-methyl/N-ethyl adjacent to an activating group) is 1. The van der Waals surface area contributed by atoms with Gasteiger partial charge in [-0.15, -0.1) is 12.4 Å². The number of esters is 1. The van der Waals surface area contributed by atoms with E-state index in [-0.39, 0.29) is 30.8 Å². The van der Waals surface area contributed by atoms with Gasteiger partial charge in [0.2, 0.25) is 11.8 Å². The van der Waals surface area contributed by atoms with Crippen LogP contribution in [0.25, 0.3) is 10.8 Å². The van der Waals surface area contributed by atoms with E-state index in [1.54, 1.807) is 44.2 Å². The predicted molar refractivity (Wildman–Crippen MR) is 145 cm³/mol. The summed E-state index contributed by atoms with van der Waals surface area (Å²) in [6.07, 6.45) is 1.14. The molecule has 0 radical (unpaired) electrons. The summed E-state index contributed by atoms with van der Waals surface area (Å²) in [7, 11) is 4.63. The third-order valence-electron chi connectivity index (χ3n) is 6.76. The molecule has 0 aromatic heterocycles. The van der Waals surface area contributed by atoms with Crippen molar-refractivity contribution in [2.45, 2.75) is 38.4 Å². The third kappa shape index (κ3) is 5.55. The fraction of sp³-hybridized carbons (Fsp3) is 0.321. The zero-order chi connectivity index (χ0) is 25.8. The number of anilines is 1. The maximum Gasteiger partial charge on any atom is 0.338 e. The molecule has 1 aliphatic rings. The molecule has 1 heterocycles. The lowest BCUT2D eigenvalue weighted by molar-refractivity contribution is -0.128. The topological polar surface area (TPSA) is 97.0 Å². The Morgan fingerprint density at radius 1 is 1.05 bits per heavy atom. The minimum atomic E-state index is -0.674. The fourth-order valence-electron chi connectivity index (χ4n) is 4.64. The van der Waals surface area contributed by atoms with Gasteiger partial charge in [0, 0.05) is 11.3 Å². The first-order valence-corrected chi connectivity index (χ1v) is 11.9. The number of nitrogens with zero attached hydrogens (tertiary/aromatic N) is 1. The molecule has 0 bridgehead atoms. The maximum absolute atomic E-state index is 13.9. The van der Waals surface area contributed by atoms with Crippen molar-refractivity contribution in [2.24, 2.45) is 0 Å². The molecular weight excluding hydrogens is 494 g/mol. The van der Waals surface area contributed by atoms with Gasteiger partial charge < -0.3 is 25.0 Å². The van der Waals surface area contributed by atoms with Crippen molar-refractivity contribution in [3.05, 3.63) is 71.3 Å². The molecule has 196 valence electrons. The minimum Gasteiger partial charge on any atom is -0.496 e. The van der Waals surface area contributed by atoms with E-state index in [9.17, 15) is 14.4 Å². The van der Waals surface area contributed by atoms with Crippen LogP contribution in [0.1, 0.15) is 34.8 Å². The van der Waals surface area contributed by atoms with Crippen molar-refractivity contribution < 1.29 is 23.9 Å².